The first-order chi connectivity index (χ1) is 12.1. The third-order valence-electron chi connectivity index (χ3n) is 4.70. The predicted octanol–water partition coefficient (Wildman–Crippen LogP) is 3.66. The van der Waals surface area contributed by atoms with Crippen LogP contribution in [0.25, 0.3) is 0 Å². The molecule has 0 bridgehead atoms. The van der Waals surface area contributed by atoms with Crippen LogP contribution < -0.4 is 9.64 Å². The van der Waals surface area contributed by atoms with Crippen molar-refractivity contribution in [3.63, 3.8) is 0 Å². The Bertz CT molecular complexity index is 749. The van der Waals surface area contributed by atoms with Gasteiger partial charge in [-0.05, 0) is 44.5 Å². The molecule has 0 spiro atoms. The molecule has 1 aliphatic rings. The van der Waals surface area contributed by atoms with Gasteiger partial charge in [0.25, 0.3) is 5.91 Å². The number of hydrogen-bond acceptors (Lipinski definition) is 3. The summed E-state index contributed by atoms with van der Waals surface area (Å²) in [5.74, 6) is 1.05. The topological polar surface area (TPSA) is 32.8 Å². The lowest BCUT2D eigenvalue weighted by Crippen LogP contribution is -2.49. The fraction of sp³-hybridized carbons (Fsp3) is 0.381. The lowest BCUT2D eigenvalue weighted by Gasteiger charge is -2.37. The number of aryl methyl sites for hydroxylation is 2. The minimum Gasteiger partial charge on any atom is -0.492 e. The van der Waals surface area contributed by atoms with E-state index in [1.165, 1.54) is 0 Å². The highest BCUT2D eigenvalue weighted by Crippen LogP contribution is 2.29. The largest absolute Gasteiger partial charge is 0.492 e. The van der Waals surface area contributed by atoms with Crippen LogP contribution in [-0.4, -0.2) is 43.6 Å². The van der Waals surface area contributed by atoms with Gasteiger partial charge in [-0.3, -0.25) is 4.79 Å². The van der Waals surface area contributed by atoms with E-state index in [0.717, 1.165) is 54.3 Å². The summed E-state index contributed by atoms with van der Waals surface area (Å²) >= 11 is 0. The van der Waals surface area contributed by atoms with Crippen molar-refractivity contribution >= 4 is 11.6 Å². The van der Waals surface area contributed by atoms with Crippen LogP contribution in [0.3, 0.4) is 0 Å². The monoisotopic (exact) mass is 338 g/mol. The molecule has 0 atom stereocenters. The van der Waals surface area contributed by atoms with E-state index in [0.29, 0.717) is 6.61 Å². The first kappa shape index (κ1) is 17.3. The lowest BCUT2D eigenvalue weighted by molar-refractivity contribution is 0.0746. The van der Waals surface area contributed by atoms with Crippen LogP contribution >= 0.6 is 0 Å². The van der Waals surface area contributed by atoms with Gasteiger partial charge in [0, 0.05) is 31.7 Å². The third kappa shape index (κ3) is 3.78. The molecule has 25 heavy (non-hydrogen) atoms. The van der Waals surface area contributed by atoms with Gasteiger partial charge < -0.3 is 14.5 Å². The van der Waals surface area contributed by atoms with Crippen molar-refractivity contribution in [1.29, 1.82) is 0 Å². The molecule has 1 amide bonds. The Hall–Kier alpha value is -2.49. The zero-order valence-corrected chi connectivity index (χ0v) is 15.3. The van der Waals surface area contributed by atoms with Crippen molar-refractivity contribution in [1.82, 2.24) is 4.90 Å². The van der Waals surface area contributed by atoms with Crippen LogP contribution in [0.2, 0.25) is 0 Å². The zero-order valence-electron chi connectivity index (χ0n) is 15.3. The molecule has 1 fully saturated rings. The number of para-hydroxylation sites is 2. The molecule has 1 heterocycles. The number of hydrogen-bond donors (Lipinski definition) is 0. The molecule has 4 heteroatoms. The summed E-state index contributed by atoms with van der Waals surface area (Å²) in [5.41, 5.74) is 4.10. The number of benzene rings is 2. The van der Waals surface area contributed by atoms with Crippen molar-refractivity contribution in [2.75, 3.05) is 37.7 Å². The average Bonchev–Trinajstić information content (AvgIpc) is 2.64. The molecular weight excluding hydrogens is 312 g/mol. The summed E-state index contributed by atoms with van der Waals surface area (Å²) in [7, 11) is 0. The highest BCUT2D eigenvalue weighted by atomic mass is 16.5. The highest BCUT2D eigenvalue weighted by molar-refractivity contribution is 5.96. The molecule has 2 aromatic carbocycles. The van der Waals surface area contributed by atoms with Crippen molar-refractivity contribution < 1.29 is 9.53 Å². The second-order valence-electron chi connectivity index (χ2n) is 6.50. The van der Waals surface area contributed by atoms with Gasteiger partial charge in [0.1, 0.15) is 5.75 Å². The van der Waals surface area contributed by atoms with Crippen molar-refractivity contribution in [3.05, 3.63) is 59.2 Å². The fourth-order valence-corrected chi connectivity index (χ4v) is 3.28. The standard InChI is InChI=1S/C21H26N2O2/c1-4-25-20-8-6-5-7-19(20)22-11-13-23(14-12-22)21(24)18-15-16(2)9-10-17(18)3/h5-10,15H,4,11-14H2,1-3H3. The van der Waals surface area contributed by atoms with Crippen LogP contribution in [0, 0.1) is 13.8 Å². The minimum atomic E-state index is 0.138. The fourth-order valence-electron chi connectivity index (χ4n) is 3.28. The maximum Gasteiger partial charge on any atom is 0.254 e. The number of carbonyl (C=O) groups excluding carboxylic acids is 1. The van der Waals surface area contributed by atoms with E-state index in [-0.39, 0.29) is 5.91 Å². The Morgan fingerprint density at radius 3 is 2.48 bits per heavy atom. The molecule has 0 aliphatic carbocycles. The van der Waals surface area contributed by atoms with Gasteiger partial charge in [-0.2, -0.15) is 0 Å². The number of carbonyl (C=O) groups is 1. The maximum atomic E-state index is 12.9. The van der Waals surface area contributed by atoms with Gasteiger partial charge in [-0.25, -0.2) is 0 Å². The Balaban J connectivity index is 1.70. The van der Waals surface area contributed by atoms with Gasteiger partial charge in [-0.15, -0.1) is 0 Å². The zero-order chi connectivity index (χ0) is 17.8. The van der Waals surface area contributed by atoms with Crippen LogP contribution in [-0.2, 0) is 0 Å². The summed E-state index contributed by atoms with van der Waals surface area (Å²) in [6, 6.07) is 14.2. The molecule has 1 saturated heterocycles. The summed E-state index contributed by atoms with van der Waals surface area (Å²) in [6.45, 7) is 9.78. The number of piperazine rings is 1. The van der Waals surface area contributed by atoms with E-state index in [1.807, 2.05) is 56.0 Å². The van der Waals surface area contributed by atoms with Gasteiger partial charge in [0.05, 0.1) is 12.3 Å². The number of amides is 1. The minimum absolute atomic E-state index is 0.138. The maximum absolute atomic E-state index is 12.9. The summed E-state index contributed by atoms with van der Waals surface area (Å²) in [5, 5.41) is 0. The molecule has 0 radical (unpaired) electrons. The lowest BCUT2D eigenvalue weighted by atomic mass is 10.0. The molecule has 0 unspecified atom stereocenters. The highest BCUT2D eigenvalue weighted by Gasteiger charge is 2.24. The summed E-state index contributed by atoms with van der Waals surface area (Å²) in [4.78, 5) is 17.1. The Morgan fingerprint density at radius 2 is 1.76 bits per heavy atom. The van der Waals surface area contributed by atoms with Crippen LogP contribution in [0.4, 0.5) is 5.69 Å². The van der Waals surface area contributed by atoms with E-state index >= 15 is 0 Å². The van der Waals surface area contributed by atoms with Crippen LogP contribution in [0.5, 0.6) is 5.75 Å². The third-order valence-corrected chi connectivity index (χ3v) is 4.70. The number of anilines is 1. The quantitative estimate of drug-likeness (QED) is 0.853. The molecule has 0 saturated carbocycles. The molecule has 2 aromatic rings. The Morgan fingerprint density at radius 1 is 1.04 bits per heavy atom. The molecule has 4 nitrogen and oxygen atoms in total. The van der Waals surface area contributed by atoms with Crippen molar-refractivity contribution in [2.24, 2.45) is 0 Å². The molecule has 1 aliphatic heterocycles. The van der Waals surface area contributed by atoms with Crippen molar-refractivity contribution in [3.8, 4) is 5.75 Å². The first-order valence-corrected chi connectivity index (χ1v) is 8.93. The molecule has 0 aromatic heterocycles. The van der Waals surface area contributed by atoms with E-state index in [4.69, 9.17) is 4.74 Å². The number of ether oxygens (including phenoxy) is 1. The average molecular weight is 338 g/mol. The number of rotatable bonds is 4. The second kappa shape index (κ2) is 7.60. The first-order valence-electron chi connectivity index (χ1n) is 8.93. The van der Waals surface area contributed by atoms with Gasteiger partial charge >= 0.3 is 0 Å². The van der Waals surface area contributed by atoms with E-state index in [9.17, 15) is 4.79 Å². The molecule has 0 N–H and O–H groups in total. The van der Waals surface area contributed by atoms with Crippen molar-refractivity contribution in [2.45, 2.75) is 20.8 Å². The van der Waals surface area contributed by atoms with Gasteiger partial charge in [0.15, 0.2) is 0 Å². The Kier molecular flexibility index (Phi) is 5.27. The Labute approximate surface area is 150 Å². The predicted molar refractivity (Wildman–Crippen MR) is 102 cm³/mol. The van der Waals surface area contributed by atoms with E-state index < -0.39 is 0 Å². The summed E-state index contributed by atoms with van der Waals surface area (Å²) < 4.78 is 5.74. The number of nitrogens with zero attached hydrogens (tertiary/aromatic N) is 2. The van der Waals surface area contributed by atoms with E-state index in [1.54, 1.807) is 0 Å². The smallest absolute Gasteiger partial charge is 0.254 e. The normalized spacial score (nSPS) is 14.5. The van der Waals surface area contributed by atoms with Crippen LogP contribution in [0.15, 0.2) is 42.5 Å². The molecule has 132 valence electrons. The molecular formula is C21H26N2O2. The van der Waals surface area contributed by atoms with E-state index in [2.05, 4.69) is 17.0 Å². The molecule has 3 rings (SSSR count). The second-order valence-corrected chi connectivity index (χ2v) is 6.50. The summed E-state index contributed by atoms with van der Waals surface area (Å²) in [6.07, 6.45) is 0. The van der Waals surface area contributed by atoms with Gasteiger partial charge in [-0.1, -0.05) is 29.8 Å². The van der Waals surface area contributed by atoms with Crippen LogP contribution in [0.1, 0.15) is 28.4 Å². The SMILES string of the molecule is CCOc1ccccc1N1CCN(C(=O)c2cc(C)ccc2C)CC1. The van der Waals surface area contributed by atoms with Gasteiger partial charge in [0.2, 0.25) is 0 Å².